The van der Waals surface area contributed by atoms with Crippen LogP contribution >= 0.6 is 11.8 Å². The van der Waals surface area contributed by atoms with Gasteiger partial charge in [-0.15, -0.1) is 0 Å². The highest BCUT2D eigenvalue weighted by Crippen LogP contribution is 2.50. The fraction of sp³-hybridized carbons (Fsp3) is 0.435. The van der Waals surface area contributed by atoms with Gasteiger partial charge >= 0.3 is 0 Å². The average Bonchev–Trinajstić information content (AvgIpc) is 3.59. The number of amidine groups is 2. The highest BCUT2D eigenvalue weighted by molar-refractivity contribution is 8.00. The quantitative estimate of drug-likeness (QED) is 0.499. The van der Waals surface area contributed by atoms with E-state index in [-0.39, 0.29) is 16.8 Å². The van der Waals surface area contributed by atoms with E-state index in [2.05, 4.69) is 29.2 Å². The summed E-state index contributed by atoms with van der Waals surface area (Å²) in [5.74, 6) is 2.54. The van der Waals surface area contributed by atoms with Gasteiger partial charge in [-0.1, -0.05) is 24.3 Å². The lowest BCUT2D eigenvalue weighted by Crippen LogP contribution is -2.44. The number of aliphatic hydroxyl groups excluding tert-OH is 1. The molecule has 1 aromatic carbocycles. The van der Waals surface area contributed by atoms with Crippen molar-refractivity contribution in [1.82, 2.24) is 9.88 Å². The Hall–Kier alpha value is -2.38. The van der Waals surface area contributed by atoms with E-state index in [0.29, 0.717) is 24.6 Å². The minimum Gasteiger partial charge on any atom is -0.496 e. The molecule has 0 bridgehead atoms. The zero-order valence-corrected chi connectivity index (χ0v) is 18.3. The average molecular weight is 425 g/mol. The number of pyridine rings is 1. The van der Waals surface area contributed by atoms with Crippen molar-refractivity contribution in [2.75, 3.05) is 26.0 Å². The van der Waals surface area contributed by atoms with Crippen molar-refractivity contribution in [3.63, 3.8) is 0 Å². The maximum atomic E-state index is 9.72. The first-order valence-electron chi connectivity index (χ1n) is 10.2. The van der Waals surface area contributed by atoms with Crippen LogP contribution in [-0.4, -0.2) is 57.4 Å². The molecule has 1 unspecified atom stereocenters. The molecule has 0 spiro atoms. The van der Waals surface area contributed by atoms with E-state index in [1.54, 1.807) is 31.3 Å². The lowest BCUT2D eigenvalue weighted by Gasteiger charge is -2.30. The third kappa shape index (κ3) is 3.72. The van der Waals surface area contributed by atoms with Gasteiger partial charge in [0.05, 0.1) is 19.1 Å². The highest BCUT2D eigenvalue weighted by Gasteiger charge is 2.51. The molecule has 4 rings (SSSR count). The Morgan fingerprint density at radius 2 is 2.00 bits per heavy atom. The highest BCUT2D eigenvalue weighted by atomic mass is 32.2. The van der Waals surface area contributed by atoms with Crippen molar-refractivity contribution < 1.29 is 9.84 Å². The van der Waals surface area contributed by atoms with E-state index in [1.807, 2.05) is 17.9 Å². The summed E-state index contributed by atoms with van der Waals surface area (Å²) in [6.45, 7) is 2.69. The first-order chi connectivity index (χ1) is 14.4. The molecule has 0 radical (unpaired) electrons. The molecule has 3 N–H and O–H groups in total. The first kappa shape index (κ1) is 20.9. The number of rotatable bonds is 5. The number of methoxy groups -OCH3 is 1. The Morgan fingerprint density at radius 3 is 2.63 bits per heavy atom. The van der Waals surface area contributed by atoms with Crippen LogP contribution < -0.4 is 4.74 Å². The fourth-order valence-electron chi connectivity index (χ4n) is 4.16. The third-order valence-electron chi connectivity index (χ3n) is 6.19. The second-order valence-electron chi connectivity index (χ2n) is 8.32. The van der Waals surface area contributed by atoms with Gasteiger partial charge in [0, 0.05) is 41.4 Å². The summed E-state index contributed by atoms with van der Waals surface area (Å²) in [6.07, 6.45) is 5.85. The molecular formula is C23H28N4O2S. The van der Waals surface area contributed by atoms with Gasteiger partial charge in [0.1, 0.15) is 17.4 Å². The van der Waals surface area contributed by atoms with Gasteiger partial charge in [-0.05, 0) is 37.0 Å². The molecule has 1 aromatic heterocycles. The number of aliphatic hydroxyl groups is 1. The van der Waals surface area contributed by atoms with Crippen LogP contribution in [0.4, 0.5) is 0 Å². The number of nitrogens with one attached hydrogen (secondary N) is 2. The van der Waals surface area contributed by atoms with Gasteiger partial charge in [-0.25, -0.2) is 0 Å². The number of ether oxygens (including phenoxy) is 1. The molecule has 1 saturated heterocycles. The van der Waals surface area contributed by atoms with Gasteiger partial charge in [0.15, 0.2) is 0 Å². The largest absolute Gasteiger partial charge is 0.496 e. The lowest BCUT2D eigenvalue weighted by atomic mass is 9.91. The predicted octanol–water partition coefficient (Wildman–Crippen LogP) is 3.93. The monoisotopic (exact) mass is 424 g/mol. The van der Waals surface area contributed by atoms with Crippen molar-refractivity contribution in [1.29, 1.82) is 10.8 Å². The van der Waals surface area contributed by atoms with Crippen LogP contribution in [0.5, 0.6) is 5.75 Å². The maximum Gasteiger partial charge on any atom is 0.129 e. The van der Waals surface area contributed by atoms with Crippen molar-refractivity contribution in [2.45, 2.75) is 36.3 Å². The number of hydrogen-bond donors (Lipinski definition) is 3. The number of benzene rings is 1. The SMILES string of the molecule is COc1ccncc1-c1ccc(C2(C(=N)N3CCSC(C)(CO)CC3=N)CC2)cc1. The molecule has 30 heavy (non-hydrogen) atoms. The van der Waals surface area contributed by atoms with Gasteiger partial charge in [-0.2, -0.15) is 11.8 Å². The van der Waals surface area contributed by atoms with Gasteiger partial charge in [0.2, 0.25) is 0 Å². The molecule has 7 heteroatoms. The molecular weight excluding hydrogens is 396 g/mol. The van der Waals surface area contributed by atoms with Gasteiger partial charge in [-0.3, -0.25) is 15.8 Å². The van der Waals surface area contributed by atoms with Gasteiger partial charge in [0.25, 0.3) is 0 Å². The molecule has 2 aliphatic rings. The summed E-state index contributed by atoms with van der Waals surface area (Å²) in [4.78, 5) is 6.07. The van der Waals surface area contributed by atoms with Crippen molar-refractivity contribution >= 4 is 23.4 Å². The molecule has 2 fully saturated rings. The summed E-state index contributed by atoms with van der Waals surface area (Å²) >= 11 is 1.69. The Kier molecular flexibility index (Phi) is 5.59. The number of aromatic nitrogens is 1. The summed E-state index contributed by atoms with van der Waals surface area (Å²) in [5.41, 5.74) is 2.78. The molecule has 1 aliphatic carbocycles. The van der Waals surface area contributed by atoms with Crippen molar-refractivity contribution in [3.8, 4) is 16.9 Å². The summed E-state index contributed by atoms with van der Waals surface area (Å²) in [5, 5.41) is 27.3. The second kappa shape index (κ2) is 8.04. The standard InChI is InChI=1S/C23H28N4O2S/c1-22(15-28)13-20(24)27(11-12-30-22)21(25)23(8-9-23)17-5-3-16(4-6-17)18-14-26-10-7-19(18)29-2/h3-7,10,14,24-25,28H,8-9,11-13,15H2,1-2H3. The molecule has 0 amide bonds. The molecule has 1 saturated carbocycles. The molecule has 6 nitrogen and oxygen atoms in total. The van der Waals surface area contributed by atoms with E-state index in [0.717, 1.165) is 41.0 Å². The van der Waals surface area contributed by atoms with E-state index >= 15 is 0 Å². The van der Waals surface area contributed by atoms with Crippen LogP contribution in [0.25, 0.3) is 11.1 Å². The minimum atomic E-state index is -0.340. The van der Waals surface area contributed by atoms with E-state index in [1.165, 1.54) is 0 Å². The van der Waals surface area contributed by atoms with Crippen LogP contribution in [0.2, 0.25) is 0 Å². The van der Waals surface area contributed by atoms with Gasteiger partial charge < -0.3 is 14.7 Å². The van der Waals surface area contributed by atoms with Crippen molar-refractivity contribution in [3.05, 3.63) is 48.3 Å². The van der Waals surface area contributed by atoms with Crippen LogP contribution in [0.15, 0.2) is 42.7 Å². The number of hydrogen-bond acceptors (Lipinski definition) is 6. The zero-order chi connectivity index (χ0) is 21.4. The zero-order valence-electron chi connectivity index (χ0n) is 17.4. The fourth-order valence-corrected chi connectivity index (χ4v) is 5.25. The topological polar surface area (TPSA) is 93.3 Å². The normalized spacial score (nSPS) is 23.0. The van der Waals surface area contributed by atoms with Crippen LogP contribution in [0.1, 0.15) is 31.7 Å². The van der Waals surface area contributed by atoms with Crippen LogP contribution in [-0.2, 0) is 5.41 Å². The number of nitrogens with zero attached hydrogens (tertiary/aromatic N) is 2. The summed E-state index contributed by atoms with van der Waals surface area (Å²) < 4.78 is 5.11. The number of thioether (sulfide) groups is 1. The van der Waals surface area contributed by atoms with Crippen molar-refractivity contribution in [2.24, 2.45) is 0 Å². The smallest absolute Gasteiger partial charge is 0.129 e. The Bertz CT molecular complexity index is 958. The first-order valence-corrected chi connectivity index (χ1v) is 11.2. The molecule has 2 aromatic rings. The molecule has 1 aliphatic heterocycles. The van der Waals surface area contributed by atoms with E-state index < -0.39 is 0 Å². The Labute approximate surface area is 181 Å². The summed E-state index contributed by atoms with van der Waals surface area (Å²) in [6, 6.07) is 10.2. The third-order valence-corrected chi connectivity index (χ3v) is 7.55. The Morgan fingerprint density at radius 1 is 1.27 bits per heavy atom. The minimum absolute atomic E-state index is 0.0473. The summed E-state index contributed by atoms with van der Waals surface area (Å²) in [7, 11) is 1.66. The molecule has 1 atom stereocenters. The lowest BCUT2D eigenvalue weighted by molar-refractivity contribution is 0.258. The van der Waals surface area contributed by atoms with E-state index in [4.69, 9.17) is 15.6 Å². The van der Waals surface area contributed by atoms with Crippen LogP contribution in [0, 0.1) is 10.8 Å². The molecule has 158 valence electrons. The maximum absolute atomic E-state index is 9.72. The van der Waals surface area contributed by atoms with E-state index in [9.17, 15) is 5.11 Å². The Balaban J connectivity index is 1.57. The van der Waals surface area contributed by atoms with Crippen LogP contribution in [0.3, 0.4) is 0 Å². The predicted molar refractivity (Wildman–Crippen MR) is 122 cm³/mol. The molecule has 2 heterocycles. The second-order valence-corrected chi connectivity index (χ2v) is 10.00.